The highest BCUT2D eigenvalue weighted by atomic mass is 19.4. The van der Waals surface area contributed by atoms with Crippen molar-refractivity contribution in [2.75, 3.05) is 7.11 Å². The summed E-state index contributed by atoms with van der Waals surface area (Å²) in [7, 11) is 1.21. The minimum absolute atomic E-state index is 0.0162. The third-order valence-electron chi connectivity index (χ3n) is 2.75. The van der Waals surface area contributed by atoms with Gasteiger partial charge in [0.1, 0.15) is 11.8 Å². The van der Waals surface area contributed by atoms with Gasteiger partial charge in [-0.1, -0.05) is 0 Å². The molecule has 0 radical (unpaired) electrons. The van der Waals surface area contributed by atoms with Crippen LogP contribution in [0.25, 0.3) is 0 Å². The molecule has 0 aliphatic heterocycles. The summed E-state index contributed by atoms with van der Waals surface area (Å²) in [5.74, 6) is -0.361. The van der Waals surface area contributed by atoms with E-state index in [4.69, 9.17) is 4.42 Å². The maximum Gasteiger partial charge on any atom is 0.419 e. The summed E-state index contributed by atoms with van der Waals surface area (Å²) in [6.07, 6.45) is -2.83. The molecule has 1 unspecified atom stereocenters. The van der Waals surface area contributed by atoms with Gasteiger partial charge in [0.25, 0.3) is 0 Å². The van der Waals surface area contributed by atoms with Gasteiger partial charge in [0.2, 0.25) is 5.76 Å². The van der Waals surface area contributed by atoms with Gasteiger partial charge in [-0.3, -0.25) is 4.68 Å². The molecule has 0 bridgehead atoms. The van der Waals surface area contributed by atoms with Crippen LogP contribution in [0.2, 0.25) is 0 Å². The Morgan fingerprint density at radius 2 is 2.15 bits per heavy atom. The summed E-state index contributed by atoms with van der Waals surface area (Å²) in [5.41, 5.74) is -0.843. The van der Waals surface area contributed by atoms with Crippen molar-refractivity contribution in [2.45, 2.75) is 19.1 Å². The fourth-order valence-corrected chi connectivity index (χ4v) is 1.61. The molecule has 108 valence electrons. The maximum absolute atomic E-state index is 12.5. The van der Waals surface area contributed by atoms with Gasteiger partial charge in [0.05, 0.1) is 18.9 Å². The van der Waals surface area contributed by atoms with Crippen LogP contribution in [-0.2, 0) is 10.9 Å². The fourth-order valence-electron chi connectivity index (χ4n) is 1.61. The normalized spacial score (nSPS) is 13.2. The first-order chi connectivity index (χ1) is 9.32. The van der Waals surface area contributed by atoms with Gasteiger partial charge in [-0.05, 0) is 19.1 Å². The van der Waals surface area contributed by atoms with Crippen molar-refractivity contribution < 1.29 is 27.1 Å². The summed E-state index contributed by atoms with van der Waals surface area (Å²) in [5, 5.41) is 3.65. The molecule has 0 fully saturated rings. The number of furan rings is 1. The van der Waals surface area contributed by atoms with Crippen LogP contribution < -0.4 is 0 Å². The highest BCUT2D eigenvalue weighted by Crippen LogP contribution is 2.30. The average molecular weight is 288 g/mol. The van der Waals surface area contributed by atoms with Crippen LogP contribution in [0.4, 0.5) is 13.2 Å². The fraction of sp³-hybridized carbons (Fsp3) is 0.333. The van der Waals surface area contributed by atoms with Gasteiger partial charge in [-0.2, -0.15) is 18.3 Å². The molecule has 0 saturated carbocycles. The molecule has 0 spiro atoms. The van der Waals surface area contributed by atoms with E-state index >= 15 is 0 Å². The van der Waals surface area contributed by atoms with Gasteiger partial charge in [0.15, 0.2) is 0 Å². The number of hydrogen-bond donors (Lipinski definition) is 0. The number of alkyl halides is 3. The lowest BCUT2D eigenvalue weighted by Crippen LogP contribution is -2.07. The summed E-state index contributed by atoms with van der Waals surface area (Å²) >= 11 is 0. The summed E-state index contributed by atoms with van der Waals surface area (Å²) in [4.78, 5) is 11.2. The van der Waals surface area contributed by atoms with Crippen molar-refractivity contribution >= 4 is 5.97 Å². The quantitative estimate of drug-likeness (QED) is 0.815. The van der Waals surface area contributed by atoms with Gasteiger partial charge in [-0.25, -0.2) is 4.79 Å². The molecule has 0 N–H and O–H groups in total. The minimum atomic E-state index is -4.45. The van der Waals surface area contributed by atoms with E-state index in [0.29, 0.717) is 5.76 Å². The summed E-state index contributed by atoms with van der Waals surface area (Å²) < 4.78 is 48.3. The van der Waals surface area contributed by atoms with Crippen molar-refractivity contribution in [3.05, 3.63) is 41.6 Å². The Labute approximate surface area is 111 Å². The van der Waals surface area contributed by atoms with E-state index in [1.54, 1.807) is 6.92 Å². The average Bonchev–Trinajstić information content (AvgIpc) is 3.05. The second kappa shape index (κ2) is 5.03. The lowest BCUT2D eigenvalue weighted by molar-refractivity contribution is -0.137. The molecular weight excluding hydrogens is 277 g/mol. The number of halogens is 3. The number of methoxy groups -OCH3 is 1. The van der Waals surface area contributed by atoms with E-state index in [2.05, 4.69) is 9.84 Å². The second-order valence-corrected chi connectivity index (χ2v) is 4.08. The monoisotopic (exact) mass is 288 g/mol. The minimum Gasteiger partial charge on any atom is -0.463 e. The molecule has 2 aromatic heterocycles. The SMILES string of the molecule is COC(=O)c1ccc(C(C)n2cc(C(F)(F)F)cn2)o1. The zero-order valence-electron chi connectivity index (χ0n) is 10.6. The summed E-state index contributed by atoms with van der Waals surface area (Å²) in [6.45, 7) is 1.60. The zero-order chi connectivity index (χ0) is 14.9. The van der Waals surface area contributed by atoms with Crippen LogP contribution in [0.15, 0.2) is 28.9 Å². The molecule has 0 aliphatic rings. The smallest absolute Gasteiger partial charge is 0.419 e. The molecule has 0 amide bonds. The third kappa shape index (κ3) is 2.68. The predicted octanol–water partition coefficient (Wildman–Crippen LogP) is 2.89. The highest BCUT2D eigenvalue weighted by Gasteiger charge is 2.32. The Morgan fingerprint density at radius 1 is 1.45 bits per heavy atom. The first kappa shape index (κ1) is 14.2. The number of nitrogens with zero attached hydrogens (tertiary/aromatic N) is 2. The molecule has 5 nitrogen and oxygen atoms in total. The van der Waals surface area contributed by atoms with Crippen LogP contribution in [-0.4, -0.2) is 22.9 Å². The van der Waals surface area contributed by atoms with Gasteiger partial charge < -0.3 is 9.15 Å². The second-order valence-electron chi connectivity index (χ2n) is 4.08. The number of aromatic nitrogens is 2. The van der Waals surface area contributed by atoms with Gasteiger partial charge >= 0.3 is 12.1 Å². The van der Waals surface area contributed by atoms with Crippen LogP contribution in [0, 0.1) is 0 Å². The molecule has 2 rings (SSSR count). The van der Waals surface area contributed by atoms with E-state index in [9.17, 15) is 18.0 Å². The molecule has 2 heterocycles. The van der Waals surface area contributed by atoms with Crippen LogP contribution in [0.5, 0.6) is 0 Å². The number of carbonyl (C=O) groups is 1. The van der Waals surface area contributed by atoms with Gasteiger partial charge in [0, 0.05) is 6.20 Å². The first-order valence-corrected chi connectivity index (χ1v) is 5.62. The standard InChI is InChI=1S/C12H11F3N2O3/c1-7(9-3-4-10(20-9)11(18)19-2)17-6-8(5-16-17)12(13,14)15/h3-7H,1-2H3. The number of ether oxygens (including phenoxy) is 1. The number of esters is 1. The predicted molar refractivity (Wildman–Crippen MR) is 61.1 cm³/mol. The molecule has 0 aliphatic carbocycles. The topological polar surface area (TPSA) is 57.3 Å². The van der Waals surface area contributed by atoms with E-state index in [0.717, 1.165) is 17.1 Å². The lowest BCUT2D eigenvalue weighted by Gasteiger charge is -2.09. The van der Waals surface area contributed by atoms with Crippen LogP contribution in [0.1, 0.15) is 34.8 Å². The largest absolute Gasteiger partial charge is 0.463 e. The number of carbonyl (C=O) groups excluding carboxylic acids is 1. The lowest BCUT2D eigenvalue weighted by atomic mass is 10.2. The van der Waals surface area contributed by atoms with Crippen LogP contribution >= 0.6 is 0 Å². The Morgan fingerprint density at radius 3 is 2.70 bits per heavy atom. The Balaban J connectivity index is 2.23. The van der Waals surface area contributed by atoms with Crippen molar-refractivity contribution in [2.24, 2.45) is 0 Å². The van der Waals surface area contributed by atoms with E-state index in [1.807, 2.05) is 0 Å². The van der Waals surface area contributed by atoms with Gasteiger partial charge in [-0.15, -0.1) is 0 Å². The molecule has 0 aromatic carbocycles. The van der Waals surface area contributed by atoms with Crippen molar-refractivity contribution in [3.63, 3.8) is 0 Å². The Kier molecular flexibility index (Phi) is 3.56. The molecule has 0 saturated heterocycles. The number of rotatable bonds is 3. The van der Waals surface area contributed by atoms with Crippen molar-refractivity contribution in [1.29, 1.82) is 0 Å². The molecule has 8 heteroatoms. The molecular formula is C12H11F3N2O3. The van der Waals surface area contributed by atoms with Crippen molar-refractivity contribution in [1.82, 2.24) is 9.78 Å². The molecule has 1 atom stereocenters. The van der Waals surface area contributed by atoms with E-state index < -0.39 is 23.8 Å². The maximum atomic E-state index is 12.5. The summed E-state index contributed by atoms with van der Waals surface area (Å²) in [6, 6.07) is 2.31. The molecule has 20 heavy (non-hydrogen) atoms. The Hall–Kier alpha value is -2.25. The number of hydrogen-bond acceptors (Lipinski definition) is 4. The molecule has 2 aromatic rings. The zero-order valence-corrected chi connectivity index (χ0v) is 10.6. The highest BCUT2D eigenvalue weighted by molar-refractivity contribution is 5.86. The first-order valence-electron chi connectivity index (χ1n) is 5.62. The van der Waals surface area contributed by atoms with E-state index in [1.165, 1.54) is 19.2 Å². The van der Waals surface area contributed by atoms with Crippen LogP contribution in [0.3, 0.4) is 0 Å². The Bertz CT molecular complexity index is 615. The van der Waals surface area contributed by atoms with E-state index in [-0.39, 0.29) is 5.76 Å². The van der Waals surface area contributed by atoms with Crippen molar-refractivity contribution in [3.8, 4) is 0 Å². The third-order valence-corrected chi connectivity index (χ3v) is 2.75.